The minimum absolute atomic E-state index is 0.328. The lowest BCUT2D eigenvalue weighted by Crippen LogP contribution is -2.20. The Balaban J connectivity index is 0.000000271. The van der Waals surface area contributed by atoms with Crippen molar-refractivity contribution in [2.45, 2.75) is 17.9 Å². The molecule has 148 valence electrons. The minimum atomic E-state index is -2.34. The van der Waals surface area contributed by atoms with Crippen LogP contribution in [0.15, 0.2) is 47.4 Å². The van der Waals surface area contributed by atoms with Crippen LogP contribution in [0.5, 0.6) is 5.75 Å². The average Bonchev–Trinajstić information content (AvgIpc) is 2.67. The maximum atomic E-state index is 11.8. The van der Waals surface area contributed by atoms with E-state index < -0.39 is 17.4 Å². The molecule has 0 aromatic heterocycles. The number of methoxy groups -OCH3 is 1. The molecule has 27 heavy (non-hydrogen) atoms. The Morgan fingerprint density at radius 3 is 2.56 bits per heavy atom. The molecule has 0 heterocycles. The lowest BCUT2D eigenvalue weighted by atomic mass is 10.1. The van der Waals surface area contributed by atoms with Gasteiger partial charge in [-0.25, -0.2) is 18.1 Å². The molecule has 0 saturated carbocycles. The van der Waals surface area contributed by atoms with E-state index >= 15 is 0 Å². The highest BCUT2D eigenvalue weighted by Gasteiger charge is 2.07. The molecular weight excluding hydrogens is 376 g/mol. The molecule has 0 aliphatic rings. The Morgan fingerprint density at radius 2 is 2.00 bits per heavy atom. The van der Waals surface area contributed by atoms with E-state index in [-0.39, 0.29) is 6.54 Å². The van der Waals surface area contributed by atoms with Gasteiger partial charge in [0.05, 0.1) is 18.6 Å². The van der Waals surface area contributed by atoms with Crippen LogP contribution in [-0.2, 0) is 17.5 Å². The van der Waals surface area contributed by atoms with Gasteiger partial charge in [-0.15, -0.1) is 0 Å². The molecule has 1 unspecified atom stereocenters. The van der Waals surface area contributed by atoms with Gasteiger partial charge in [-0.05, 0) is 23.8 Å². The molecule has 6 nitrogen and oxygen atoms in total. The van der Waals surface area contributed by atoms with Gasteiger partial charge >= 0.3 is 0 Å². The van der Waals surface area contributed by atoms with Crippen LogP contribution >= 0.6 is 0 Å². The van der Waals surface area contributed by atoms with Crippen molar-refractivity contribution in [2.75, 3.05) is 26.0 Å². The van der Waals surface area contributed by atoms with Crippen LogP contribution < -0.4 is 20.5 Å². The number of benzene rings is 2. The zero-order valence-corrected chi connectivity index (χ0v) is 15.9. The summed E-state index contributed by atoms with van der Waals surface area (Å²) in [5.74, 6) is 0.535. The summed E-state index contributed by atoms with van der Waals surface area (Å²) in [6, 6.07) is 12.1. The van der Waals surface area contributed by atoms with Crippen LogP contribution in [-0.4, -0.2) is 37.6 Å². The first-order valence-electron chi connectivity index (χ1n) is 7.96. The first-order valence-corrected chi connectivity index (χ1v) is 9.17. The van der Waals surface area contributed by atoms with Gasteiger partial charge in [-0.3, -0.25) is 4.79 Å². The summed E-state index contributed by atoms with van der Waals surface area (Å²) in [5.41, 5.74) is 2.28. The first-order chi connectivity index (χ1) is 12.9. The number of hydrogen-bond acceptors (Lipinski definition) is 5. The van der Waals surface area contributed by atoms with E-state index in [1.807, 2.05) is 0 Å². The van der Waals surface area contributed by atoms with Crippen LogP contribution in [0.3, 0.4) is 0 Å². The van der Waals surface area contributed by atoms with Gasteiger partial charge in [-0.2, -0.15) is 0 Å². The second kappa shape index (κ2) is 12.1. The molecule has 2 rings (SSSR count). The topological polar surface area (TPSA) is 93.4 Å². The van der Waals surface area contributed by atoms with Crippen LogP contribution in [0.25, 0.3) is 0 Å². The summed E-state index contributed by atoms with van der Waals surface area (Å²) in [6.07, 6.45) is -1.61. The number of nitrogens with one attached hydrogen (secondary N) is 2. The van der Waals surface area contributed by atoms with E-state index in [0.29, 0.717) is 22.8 Å². The highest BCUT2D eigenvalue weighted by Crippen LogP contribution is 2.24. The third kappa shape index (κ3) is 8.25. The summed E-state index contributed by atoms with van der Waals surface area (Å²) < 4.78 is 39.6. The highest BCUT2D eigenvalue weighted by atomic mass is 32.2. The lowest BCUT2D eigenvalue weighted by Gasteiger charge is -2.07. The summed E-state index contributed by atoms with van der Waals surface area (Å²) in [5, 5.41) is 10.8. The van der Waals surface area contributed by atoms with E-state index in [0.717, 1.165) is 17.5 Å². The van der Waals surface area contributed by atoms with Gasteiger partial charge in [0.2, 0.25) is 0 Å². The van der Waals surface area contributed by atoms with Crippen molar-refractivity contribution in [1.82, 2.24) is 5.32 Å². The fourth-order valence-electron chi connectivity index (χ4n) is 2.09. The number of carbonyl (C=O) groups excluding carboxylic acids is 1. The summed E-state index contributed by atoms with van der Waals surface area (Å²) in [6.45, 7) is 0.0251. The van der Waals surface area contributed by atoms with Crippen molar-refractivity contribution in [3.63, 3.8) is 0 Å². The molecule has 4 N–H and O–H groups in total. The van der Waals surface area contributed by atoms with Crippen molar-refractivity contribution in [3.8, 4) is 5.75 Å². The van der Waals surface area contributed by atoms with Crippen molar-refractivity contribution >= 4 is 23.0 Å². The Labute approximate surface area is 159 Å². The third-order valence-corrected chi connectivity index (χ3v) is 4.15. The van der Waals surface area contributed by atoms with Gasteiger partial charge in [-0.1, -0.05) is 18.2 Å². The first kappa shape index (κ1) is 22.7. The van der Waals surface area contributed by atoms with Gasteiger partial charge < -0.3 is 15.4 Å². The van der Waals surface area contributed by atoms with Crippen LogP contribution in [0.4, 0.5) is 14.5 Å². The Hall–Kier alpha value is -2.36. The zero-order chi connectivity index (χ0) is 20.2. The predicted octanol–water partition coefficient (Wildman–Crippen LogP) is 2.57. The molecule has 1 atom stereocenters. The molecule has 9 heteroatoms. The number of alkyl halides is 2. The number of nitrogens with two attached hydrogens (primary N) is 1. The lowest BCUT2D eigenvalue weighted by molar-refractivity contribution is 0.112. The standard InChI is InChI=1S/C10H11F2NO.C8H12N2O2S/c11-10(12)6-13-5-8-2-1-3-9(4-8)7-14;1-10-6-3-4-8(13(9)11)7(5-6)12-2/h1-4,7,10,13H,5-6H2;3-5,10H,9H2,1-2H3. The summed E-state index contributed by atoms with van der Waals surface area (Å²) in [7, 11) is 1.82. The fraction of sp³-hybridized carbons (Fsp3) is 0.278. The quantitative estimate of drug-likeness (QED) is 0.593. The predicted molar refractivity (Wildman–Crippen MR) is 103 cm³/mol. The molecule has 0 bridgehead atoms. The van der Waals surface area contributed by atoms with Gasteiger partial charge in [0.25, 0.3) is 6.43 Å². The van der Waals surface area contributed by atoms with Crippen molar-refractivity contribution < 1.29 is 22.5 Å². The molecule has 0 aliphatic heterocycles. The fourth-order valence-corrected chi connectivity index (χ4v) is 2.63. The smallest absolute Gasteiger partial charge is 0.250 e. The van der Waals surface area contributed by atoms with E-state index in [1.54, 1.807) is 49.5 Å². The number of aldehydes is 1. The van der Waals surface area contributed by atoms with E-state index in [4.69, 9.17) is 9.88 Å². The van der Waals surface area contributed by atoms with Crippen molar-refractivity contribution in [1.29, 1.82) is 0 Å². The molecule has 2 aromatic carbocycles. The largest absolute Gasteiger partial charge is 0.495 e. The highest BCUT2D eigenvalue weighted by molar-refractivity contribution is 7.82. The second-order valence-corrected chi connectivity index (χ2v) is 6.33. The molecule has 0 spiro atoms. The Bertz CT molecular complexity index is 760. The summed E-state index contributed by atoms with van der Waals surface area (Å²) >= 11 is 0. The van der Waals surface area contributed by atoms with E-state index in [2.05, 4.69) is 10.6 Å². The number of carbonyl (C=O) groups is 1. The maximum Gasteiger partial charge on any atom is 0.250 e. The van der Waals surface area contributed by atoms with Crippen LogP contribution in [0, 0.1) is 0 Å². The molecule has 0 radical (unpaired) electrons. The monoisotopic (exact) mass is 399 g/mol. The Kier molecular flexibility index (Phi) is 10.2. The summed E-state index contributed by atoms with van der Waals surface area (Å²) in [4.78, 5) is 10.9. The van der Waals surface area contributed by atoms with E-state index in [1.165, 1.54) is 7.11 Å². The molecule has 2 aromatic rings. The van der Waals surface area contributed by atoms with Gasteiger partial charge in [0.15, 0.2) is 0 Å². The molecule has 0 aliphatic carbocycles. The third-order valence-electron chi connectivity index (χ3n) is 3.38. The van der Waals surface area contributed by atoms with Crippen molar-refractivity contribution in [3.05, 3.63) is 53.6 Å². The van der Waals surface area contributed by atoms with Gasteiger partial charge in [0, 0.05) is 30.9 Å². The number of halogens is 2. The molecular formula is C18H23F2N3O3S. The number of anilines is 1. The second-order valence-electron chi connectivity index (χ2n) is 5.30. The number of rotatable bonds is 8. The van der Waals surface area contributed by atoms with Crippen molar-refractivity contribution in [2.24, 2.45) is 5.14 Å². The average molecular weight is 399 g/mol. The number of ether oxygens (including phenoxy) is 1. The zero-order valence-electron chi connectivity index (χ0n) is 15.1. The SMILES string of the molecule is CNc1ccc(S(N)=O)c(OC)c1.O=Cc1cccc(CNCC(F)F)c1. The minimum Gasteiger partial charge on any atom is -0.495 e. The molecule has 0 fully saturated rings. The normalized spacial score (nSPS) is 11.3. The van der Waals surface area contributed by atoms with Crippen LogP contribution in [0.2, 0.25) is 0 Å². The Morgan fingerprint density at radius 1 is 1.26 bits per heavy atom. The van der Waals surface area contributed by atoms with E-state index in [9.17, 15) is 17.8 Å². The molecule has 0 saturated heterocycles. The maximum absolute atomic E-state index is 11.8. The van der Waals surface area contributed by atoms with Crippen LogP contribution in [0.1, 0.15) is 15.9 Å². The van der Waals surface area contributed by atoms with Gasteiger partial charge in [0.1, 0.15) is 23.0 Å². The number of hydrogen-bond donors (Lipinski definition) is 3. The molecule has 0 amide bonds.